The van der Waals surface area contributed by atoms with E-state index in [1.807, 2.05) is 13.0 Å². The van der Waals surface area contributed by atoms with E-state index in [1.54, 1.807) is 18.2 Å². The third kappa shape index (κ3) is 2.71. The van der Waals surface area contributed by atoms with E-state index in [0.29, 0.717) is 4.90 Å². The molecule has 0 spiro atoms. The van der Waals surface area contributed by atoms with E-state index in [2.05, 4.69) is 0 Å². The van der Waals surface area contributed by atoms with Crippen LogP contribution in [0.1, 0.15) is 17.9 Å². The fourth-order valence-electron chi connectivity index (χ4n) is 0.993. The first-order chi connectivity index (χ1) is 5.91. The van der Waals surface area contributed by atoms with Gasteiger partial charge >= 0.3 is 0 Å². The Hall–Kier alpha value is -0.540. The van der Waals surface area contributed by atoms with Gasteiger partial charge in [-0.3, -0.25) is 0 Å². The van der Waals surface area contributed by atoms with Gasteiger partial charge in [0.25, 0.3) is 0 Å². The molecule has 1 aromatic carbocycles. The first kappa shape index (κ1) is 10.5. The molecule has 0 radical (unpaired) electrons. The molecule has 0 aliphatic rings. The molecule has 0 N–H and O–H groups in total. The molecule has 1 rings (SSSR count). The normalized spacial score (nSPS) is 14.1. The van der Waals surface area contributed by atoms with Crippen LogP contribution >= 0.6 is 11.6 Å². The van der Waals surface area contributed by atoms with Gasteiger partial charge in [0, 0.05) is 6.26 Å². The number of halogens is 1. The molecule has 2 nitrogen and oxygen atoms in total. The highest BCUT2D eigenvalue weighted by Gasteiger charge is 2.08. The Balaban J connectivity index is 3.21. The Morgan fingerprint density at radius 2 is 2.00 bits per heavy atom. The monoisotopic (exact) mass is 218 g/mol. The Kier molecular flexibility index (Phi) is 2.98. The van der Waals surface area contributed by atoms with Gasteiger partial charge in [-0.1, -0.05) is 12.1 Å². The van der Waals surface area contributed by atoms with Crippen LogP contribution in [0.25, 0.3) is 0 Å². The minimum Gasteiger partial charge on any atom is -0.224 e. The van der Waals surface area contributed by atoms with E-state index in [4.69, 9.17) is 11.6 Å². The van der Waals surface area contributed by atoms with Crippen LogP contribution < -0.4 is 0 Å². The maximum atomic E-state index is 11.2. The molecule has 1 aromatic rings. The molecule has 0 amide bonds. The molecule has 1 unspecified atom stereocenters. The predicted molar refractivity (Wildman–Crippen MR) is 53.8 cm³/mol. The highest BCUT2D eigenvalue weighted by Crippen LogP contribution is 2.21. The second kappa shape index (κ2) is 3.68. The molecule has 0 aliphatic heterocycles. The minimum absolute atomic E-state index is 0.165. The van der Waals surface area contributed by atoms with Crippen LogP contribution in [-0.2, 0) is 9.84 Å². The van der Waals surface area contributed by atoms with Crippen LogP contribution in [0.15, 0.2) is 29.2 Å². The first-order valence-electron chi connectivity index (χ1n) is 3.85. The van der Waals surface area contributed by atoms with Crippen LogP contribution in [0, 0.1) is 0 Å². The molecule has 4 heteroatoms. The molecule has 72 valence electrons. The van der Waals surface area contributed by atoms with E-state index in [-0.39, 0.29) is 5.38 Å². The molecule has 0 heterocycles. The second-order valence-electron chi connectivity index (χ2n) is 2.96. The smallest absolute Gasteiger partial charge is 0.175 e. The highest BCUT2D eigenvalue weighted by atomic mass is 35.5. The summed E-state index contributed by atoms with van der Waals surface area (Å²) in [4.78, 5) is 0.317. The molecule has 0 aliphatic carbocycles. The Morgan fingerprint density at radius 1 is 1.38 bits per heavy atom. The van der Waals surface area contributed by atoms with Gasteiger partial charge in [-0.25, -0.2) is 8.42 Å². The van der Waals surface area contributed by atoms with Crippen molar-refractivity contribution < 1.29 is 8.42 Å². The average molecular weight is 219 g/mol. The number of sulfone groups is 1. The largest absolute Gasteiger partial charge is 0.224 e. The lowest BCUT2D eigenvalue weighted by Gasteiger charge is -2.04. The van der Waals surface area contributed by atoms with Gasteiger partial charge in [-0.2, -0.15) is 0 Å². The van der Waals surface area contributed by atoms with Gasteiger partial charge in [0.05, 0.1) is 10.3 Å². The zero-order valence-electron chi connectivity index (χ0n) is 7.49. The van der Waals surface area contributed by atoms with E-state index in [0.717, 1.165) is 5.56 Å². The van der Waals surface area contributed by atoms with Crippen molar-refractivity contribution in [2.75, 3.05) is 6.26 Å². The SMILES string of the molecule is CC(Cl)c1cccc(S(C)(=O)=O)c1. The Bertz CT molecular complexity index is 396. The maximum Gasteiger partial charge on any atom is 0.175 e. The first-order valence-corrected chi connectivity index (χ1v) is 6.18. The number of rotatable bonds is 2. The van der Waals surface area contributed by atoms with Gasteiger partial charge in [0.1, 0.15) is 0 Å². The summed E-state index contributed by atoms with van der Waals surface area (Å²) in [6.07, 6.45) is 1.19. The van der Waals surface area contributed by atoms with Crippen LogP contribution in [0.4, 0.5) is 0 Å². The number of benzene rings is 1. The maximum absolute atomic E-state index is 11.2. The second-order valence-corrected chi connectivity index (χ2v) is 5.63. The summed E-state index contributed by atoms with van der Waals surface area (Å²) in [5, 5.41) is -0.165. The molecule has 0 saturated carbocycles. The minimum atomic E-state index is -3.12. The summed E-state index contributed by atoms with van der Waals surface area (Å²) >= 11 is 5.83. The van der Waals surface area contributed by atoms with E-state index >= 15 is 0 Å². The zero-order chi connectivity index (χ0) is 10.1. The van der Waals surface area contributed by atoms with Gasteiger partial charge in [0.15, 0.2) is 9.84 Å². The third-order valence-corrected chi connectivity index (χ3v) is 3.11. The summed E-state index contributed by atoms with van der Waals surface area (Å²) in [5.74, 6) is 0. The van der Waals surface area contributed by atoms with Gasteiger partial charge < -0.3 is 0 Å². The Labute approximate surface area is 83.5 Å². The zero-order valence-corrected chi connectivity index (χ0v) is 9.06. The molecule has 0 fully saturated rings. The van der Waals surface area contributed by atoms with Gasteiger partial charge in [-0.05, 0) is 24.6 Å². The average Bonchev–Trinajstić information content (AvgIpc) is 2.03. The van der Waals surface area contributed by atoms with Crippen molar-refractivity contribution in [3.8, 4) is 0 Å². The van der Waals surface area contributed by atoms with E-state index in [1.165, 1.54) is 6.26 Å². The van der Waals surface area contributed by atoms with E-state index < -0.39 is 9.84 Å². The number of hydrogen-bond acceptors (Lipinski definition) is 2. The third-order valence-electron chi connectivity index (χ3n) is 1.75. The van der Waals surface area contributed by atoms with Crippen LogP contribution in [0.2, 0.25) is 0 Å². The summed E-state index contributed by atoms with van der Waals surface area (Å²) in [6.45, 7) is 1.81. The van der Waals surface area contributed by atoms with Gasteiger partial charge in [-0.15, -0.1) is 11.6 Å². The number of hydrogen-bond donors (Lipinski definition) is 0. The fraction of sp³-hybridized carbons (Fsp3) is 0.333. The van der Waals surface area contributed by atoms with Crippen molar-refractivity contribution in [2.24, 2.45) is 0 Å². The molecule has 0 saturated heterocycles. The quantitative estimate of drug-likeness (QED) is 0.715. The highest BCUT2D eigenvalue weighted by molar-refractivity contribution is 7.90. The lowest BCUT2D eigenvalue weighted by Crippen LogP contribution is -1.97. The summed E-state index contributed by atoms with van der Waals surface area (Å²) < 4.78 is 22.3. The van der Waals surface area contributed by atoms with Gasteiger partial charge in [0.2, 0.25) is 0 Å². The van der Waals surface area contributed by atoms with Crippen molar-refractivity contribution >= 4 is 21.4 Å². The van der Waals surface area contributed by atoms with Crippen LogP contribution in [0.3, 0.4) is 0 Å². The van der Waals surface area contributed by atoms with Crippen molar-refractivity contribution in [3.05, 3.63) is 29.8 Å². The summed E-state index contributed by atoms with van der Waals surface area (Å²) in [6, 6.07) is 6.68. The molecular formula is C9H11ClO2S. The summed E-state index contributed by atoms with van der Waals surface area (Å²) in [5.41, 5.74) is 0.824. The van der Waals surface area contributed by atoms with Crippen LogP contribution in [0.5, 0.6) is 0 Å². The molecule has 13 heavy (non-hydrogen) atoms. The molecule has 1 atom stereocenters. The lowest BCUT2D eigenvalue weighted by atomic mass is 10.2. The predicted octanol–water partition coefficient (Wildman–Crippen LogP) is 2.39. The van der Waals surface area contributed by atoms with Crippen molar-refractivity contribution in [1.29, 1.82) is 0 Å². The standard InChI is InChI=1S/C9H11ClO2S/c1-7(10)8-4-3-5-9(6-8)13(2,11)12/h3-7H,1-2H3. The summed E-state index contributed by atoms with van der Waals surface area (Å²) in [7, 11) is -3.12. The van der Waals surface area contributed by atoms with Crippen molar-refractivity contribution in [1.82, 2.24) is 0 Å². The van der Waals surface area contributed by atoms with Crippen LogP contribution in [-0.4, -0.2) is 14.7 Å². The van der Waals surface area contributed by atoms with Crippen molar-refractivity contribution in [3.63, 3.8) is 0 Å². The molecule has 0 bridgehead atoms. The lowest BCUT2D eigenvalue weighted by molar-refractivity contribution is 0.601. The fourth-order valence-corrected chi connectivity index (χ4v) is 1.80. The Morgan fingerprint density at radius 3 is 2.46 bits per heavy atom. The number of alkyl halides is 1. The molecule has 0 aromatic heterocycles. The topological polar surface area (TPSA) is 34.1 Å². The molecular weight excluding hydrogens is 208 g/mol. The van der Waals surface area contributed by atoms with E-state index in [9.17, 15) is 8.42 Å². The van der Waals surface area contributed by atoms with Crippen molar-refractivity contribution in [2.45, 2.75) is 17.2 Å².